The van der Waals surface area contributed by atoms with Crippen molar-refractivity contribution >= 4 is 11.8 Å². The number of aliphatic hydroxyl groups is 3. The van der Waals surface area contributed by atoms with Crippen molar-refractivity contribution in [2.45, 2.75) is 63.6 Å². The van der Waals surface area contributed by atoms with E-state index in [1.54, 1.807) is 6.92 Å². The summed E-state index contributed by atoms with van der Waals surface area (Å²) in [5, 5.41) is 33.1. The minimum absolute atomic E-state index is 0.104. The Balaban J connectivity index is 1.77. The summed E-state index contributed by atoms with van der Waals surface area (Å²) in [6.07, 6.45) is -2.11. The van der Waals surface area contributed by atoms with Gasteiger partial charge in [0.15, 0.2) is 5.78 Å². The molecule has 0 aromatic heterocycles. The molecule has 5 rings (SSSR count). The smallest absolute Gasteiger partial charge is 0.306 e. The van der Waals surface area contributed by atoms with Crippen molar-refractivity contribution in [3.63, 3.8) is 0 Å². The number of hydrogen-bond donors (Lipinski definition) is 3. The SMILES string of the molecule is CC1=CC(=O)[C@@H](O)[C@]2(C)[C@H]3[C@@H](O)[C@H](O)[C@@]4(C)OC[C@@]35[C@@H](C[C@@H]12)OC(=O)C[C@@H]45. The average Bonchev–Trinajstić information content (AvgIpc) is 2.86. The molecular formula is C20H26O7. The van der Waals surface area contributed by atoms with Crippen LogP contribution in [-0.4, -0.2) is 63.7 Å². The van der Waals surface area contributed by atoms with Crippen LogP contribution in [0.3, 0.4) is 0 Å². The van der Waals surface area contributed by atoms with Crippen molar-refractivity contribution in [3.8, 4) is 0 Å². The molecule has 0 aromatic rings. The summed E-state index contributed by atoms with van der Waals surface area (Å²) in [7, 11) is 0. The molecule has 2 bridgehead atoms. The molecule has 2 heterocycles. The molecule has 3 aliphatic carbocycles. The Morgan fingerprint density at radius 2 is 1.89 bits per heavy atom. The van der Waals surface area contributed by atoms with Crippen molar-refractivity contribution in [1.29, 1.82) is 0 Å². The van der Waals surface area contributed by atoms with Crippen molar-refractivity contribution in [2.75, 3.05) is 6.61 Å². The quantitative estimate of drug-likeness (QED) is 0.507. The van der Waals surface area contributed by atoms with Crippen molar-refractivity contribution in [2.24, 2.45) is 28.6 Å². The Bertz CT molecular complexity index is 776. The van der Waals surface area contributed by atoms with Gasteiger partial charge in [-0.1, -0.05) is 12.5 Å². The van der Waals surface area contributed by atoms with Crippen LogP contribution in [0.2, 0.25) is 0 Å². The molecule has 0 amide bonds. The van der Waals surface area contributed by atoms with E-state index in [-0.39, 0.29) is 36.6 Å². The first kappa shape index (κ1) is 17.8. The third kappa shape index (κ3) is 1.74. The Morgan fingerprint density at radius 1 is 1.19 bits per heavy atom. The monoisotopic (exact) mass is 378 g/mol. The molecular weight excluding hydrogens is 352 g/mol. The number of ketones is 1. The maximum absolute atomic E-state index is 12.5. The highest BCUT2D eigenvalue weighted by Crippen LogP contribution is 2.72. The van der Waals surface area contributed by atoms with Crippen LogP contribution in [0.5, 0.6) is 0 Å². The van der Waals surface area contributed by atoms with Crippen molar-refractivity contribution in [1.82, 2.24) is 0 Å². The van der Waals surface area contributed by atoms with Crippen LogP contribution in [0.15, 0.2) is 11.6 Å². The van der Waals surface area contributed by atoms with Crippen LogP contribution in [0.25, 0.3) is 0 Å². The summed E-state index contributed by atoms with van der Waals surface area (Å²) in [6.45, 7) is 5.65. The minimum Gasteiger partial charge on any atom is -0.462 e. The number of rotatable bonds is 0. The molecule has 7 nitrogen and oxygen atoms in total. The van der Waals surface area contributed by atoms with Crippen LogP contribution >= 0.6 is 0 Å². The van der Waals surface area contributed by atoms with Crippen LogP contribution in [0, 0.1) is 28.6 Å². The second kappa shape index (κ2) is 5.00. The normalized spacial score (nSPS) is 58.9. The van der Waals surface area contributed by atoms with Crippen LogP contribution in [0.4, 0.5) is 0 Å². The molecule has 7 heteroatoms. The summed E-state index contributed by atoms with van der Waals surface area (Å²) in [5.41, 5.74) is -1.92. The molecule has 0 unspecified atom stereocenters. The summed E-state index contributed by atoms with van der Waals surface area (Å²) in [6, 6.07) is 0. The van der Waals surface area contributed by atoms with E-state index in [2.05, 4.69) is 0 Å². The van der Waals surface area contributed by atoms with Gasteiger partial charge in [0.1, 0.15) is 18.3 Å². The Kier molecular flexibility index (Phi) is 3.30. The van der Waals surface area contributed by atoms with E-state index in [4.69, 9.17) is 9.47 Å². The Morgan fingerprint density at radius 3 is 2.59 bits per heavy atom. The van der Waals surface area contributed by atoms with Gasteiger partial charge in [0.2, 0.25) is 0 Å². The second-order valence-corrected chi connectivity index (χ2v) is 9.58. The lowest BCUT2D eigenvalue weighted by Gasteiger charge is -2.67. The number of carbonyl (C=O) groups is 2. The van der Waals surface area contributed by atoms with Gasteiger partial charge >= 0.3 is 5.97 Å². The summed E-state index contributed by atoms with van der Waals surface area (Å²) in [5.74, 6) is -1.88. The zero-order chi connectivity index (χ0) is 19.5. The molecule has 2 saturated heterocycles. The average molecular weight is 378 g/mol. The Hall–Kier alpha value is -1.28. The van der Waals surface area contributed by atoms with E-state index in [1.165, 1.54) is 6.08 Å². The van der Waals surface area contributed by atoms with Gasteiger partial charge in [0.05, 0.1) is 24.7 Å². The fourth-order valence-corrected chi connectivity index (χ4v) is 7.49. The highest BCUT2D eigenvalue weighted by molar-refractivity contribution is 5.96. The third-order valence-electron chi connectivity index (χ3n) is 8.70. The van der Waals surface area contributed by atoms with E-state index < -0.39 is 46.8 Å². The van der Waals surface area contributed by atoms with E-state index >= 15 is 0 Å². The molecule has 27 heavy (non-hydrogen) atoms. The molecule has 0 radical (unpaired) electrons. The molecule has 2 saturated carbocycles. The predicted molar refractivity (Wildman–Crippen MR) is 91.3 cm³/mol. The van der Waals surface area contributed by atoms with Crippen LogP contribution in [0.1, 0.15) is 33.6 Å². The standard InChI is InChI=1S/C20H26O7/c1-8-4-10(21)16(24)18(2)9(8)5-12-20-7-26-19(3,11(20)6-13(22)27-12)17(25)14(23)15(18)20/h4,9,11-12,14-17,23-25H,5-7H2,1-3H3/t9-,11-,12+,14+,15+,16+,17-,18-,19-,20+/m0/s1. The topological polar surface area (TPSA) is 113 Å². The predicted octanol–water partition coefficient (Wildman–Crippen LogP) is -0.0389. The van der Waals surface area contributed by atoms with Gasteiger partial charge in [-0.25, -0.2) is 0 Å². The first-order valence-corrected chi connectivity index (χ1v) is 9.68. The number of hydrogen-bond acceptors (Lipinski definition) is 7. The zero-order valence-electron chi connectivity index (χ0n) is 15.7. The molecule has 2 aliphatic heterocycles. The number of aliphatic hydroxyl groups excluding tert-OH is 3. The second-order valence-electron chi connectivity index (χ2n) is 9.58. The third-order valence-corrected chi connectivity index (χ3v) is 8.70. The van der Waals surface area contributed by atoms with Crippen molar-refractivity contribution in [3.05, 3.63) is 11.6 Å². The number of ether oxygens (including phenoxy) is 2. The zero-order valence-corrected chi connectivity index (χ0v) is 15.7. The molecule has 148 valence electrons. The molecule has 10 atom stereocenters. The van der Waals surface area contributed by atoms with E-state index in [1.807, 2.05) is 13.8 Å². The molecule has 0 aromatic carbocycles. The first-order valence-electron chi connectivity index (χ1n) is 9.68. The lowest BCUT2D eigenvalue weighted by Crippen LogP contribution is -2.76. The lowest BCUT2D eigenvalue weighted by molar-refractivity contribution is -0.280. The number of fused-ring (bicyclic) bond motifs is 2. The molecule has 1 spiro atoms. The van der Waals surface area contributed by atoms with Gasteiger partial charge in [-0.15, -0.1) is 0 Å². The molecule has 4 fully saturated rings. The van der Waals surface area contributed by atoms with Crippen LogP contribution < -0.4 is 0 Å². The maximum atomic E-state index is 12.5. The number of allylic oxidation sites excluding steroid dienone is 1. The van der Waals surface area contributed by atoms with E-state index in [0.29, 0.717) is 6.42 Å². The molecule has 5 aliphatic rings. The fourth-order valence-electron chi connectivity index (χ4n) is 7.49. The van der Waals surface area contributed by atoms with Gasteiger partial charge in [-0.3, -0.25) is 9.59 Å². The highest BCUT2D eigenvalue weighted by Gasteiger charge is 2.80. The lowest BCUT2D eigenvalue weighted by atomic mass is 9.38. The largest absolute Gasteiger partial charge is 0.462 e. The van der Waals surface area contributed by atoms with E-state index in [0.717, 1.165) is 5.57 Å². The van der Waals surface area contributed by atoms with Crippen LogP contribution in [-0.2, 0) is 19.1 Å². The fraction of sp³-hybridized carbons (Fsp3) is 0.800. The summed E-state index contributed by atoms with van der Waals surface area (Å²) >= 11 is 0. The van der Waals surface area contributed by atoms with E-state index in [9.17, 15) is 24.9 Å². The molecule has 3 N–H and O–H groups in total. The summed E-state index contributed by atoms with van der Waals surface area (Å²) in [4.78, 5) is 24.9. The van der Waals surface area contributed by atoms with Gasteiger partial charge in [0, 0.05) is 22.7 Å². The Labute approximate surface area is 157 Å². The minimum atomic E-state index is -1.28. The van der Waals surface area contributed by atoms with Gasteiger partial charge in [-0.05, 0) is 32.3 Å². The van der Waals surface area contributed by atoms with Gasteiger partial charge in [0.25, 0.3) is 0 Å². The highest BCUT2D eigenvalue weighted by atomic mass is 16.6. The number of esters is 1. The van der Waals surface area contributed by atoms with Gasteiger partial charge < -0.3 is 24.8 Å². The first-order chi connectivity index (χ1) is 12.6. The summed E-state index contributed by atoms with van der Waals surface area (Å²) < 4.78 is 11.8. The van der Waals surface area contributed by atoms with Crippen molar-refractivity contribution < 1.29 is 34.4 Å². The maximum Gasteiger partial charge on any atom is 0.306 e. The van der Waals surface area contributed by atoms with Gasteiger partial charge in [-0.2, -0.15) is 0 Å². The number of carbonyl (C=O) groups excluding carboxylic acids is 2.